The molecule has 1 rings (SSSR count). The van der Waals surface area contributed by atoms with Crippen LogP contribution in [0.2, 0.25) is 0 Å². The van der Waals surface area contributed by atoms with E-state index in [4.69, 9.17) is 10.5 Å². The van der Waals surface area contributed by atoms with Gasteiger partial charge in [-0.2, -0.15) is 17.9 Å². The van der Waals surface area contributed by atoms with Crippen LogP contribution in [0.4, 0.5) is 5.69 Å². The lowest BCUT2D eigenvalue weighted by atomic mass is 10.2. The van der Waals surface area contributed by atoms with E-state index in [-0.39, 0.29) is 13.1 Å². The summed E-state index contributed by atoms with van der Waals surface area (Å²) in [6.45, 7) is 0.805. The first-order valence-corrected chi connectivity index (χ1v) is 6.59. The summed E-state index contributed by atoms with van der Waals surface area (Å²) in [6, 6.07) is 6.99. The monoisotopic (exact) mass is 259 g/mol. The zero-order valence-corrected chi connectivity index (χ0v) is 10.5. The minimum atomic E-state index is -3.47. The van der Waals surface area contributed by atoms with Crippen LogP contribution < -0.4 is 15.2 Å². The predicted octanol–water partition coefficient (Wildman–Crippen LogP) is -0.161. The first-order valence-electron chi connectivity index (χ1n) is 5.11. The molecule has 0 aliphatic rings. The molecular formula is C10H17N3O3S. The third kappa shape index (κ3) is 5.64. The first-order chi connectivity index (χ1) is 8.03. The van der Waals surface area contributed by atoms with Crippen LogP contribution in [0.15, 0.2) is 24.3 Å². The number of benzene rings is 1. The molecule has 0 saturated carbocycles. The van der Waals surface area contributed by atoms with Crippen molar-refractivity contribution in [3.05, 3.63) is 29.8 Å². The summed E-state index contributed by atoms with van der Waals surface area (Å²) >= 11 is 0. The van der Waals surface area contributed by atoms with Gasteiger partial charge in [-0.15, -0.1) is 0 Å². The molecule has 0 spiro atoms. The highest BCUT2D eigenvalue weighted by molar-refractivity contribution is 7.87. The van der Waals surface area contributed by atoms with Gasteiger partial charge < -0.3 is 10.5 Å². The second-order valence-corrected chi connectivity index (χ2v) is 5.04. The Hall–Kier alpha value is -1.15. The summed E-state index contributed by atoms with van der Waals surface area (Å²) in [5.74, 6) is 0. The molecule has 0 aromatic heterocycles. The molecule has 0 radical (unpaired) electrons. The van der Waals surface area contributed by atoms with Crippen molar-refractivity contribution >= 4 is 15.9 Å². The standard InChI is InChI=1S/C10H17N3O3S/c1-16-7-6-12-17(14,15)13-8-9-2-4-10(11)5-3-9/h2-5,12-13H,6-8,11H2,1H3. The van der Waals surface area contributed by atoms with E-state index in [1.807, 2.05) is 0 Å². The molecule has 96 valence electrons. The number of hydrogen-bond acceptors (Lipinski definition) is 4. The van der Waals surface area contributed by atoms with E-state index >= 15 is 0 Å². The van der Waals surface area contributed by atoms with Crippen LogP contribution in [0.3, 0.4) is 0 Å². The van der Waals surface area contributed by atoms with Gasteiger partial charge in [-0.25, -0.2) is 0 Å². The number of ether oxygens (including phenoxy) is 1. The molecule has 0 heterocycles. The minimum Gasteiger partial charge on any atom is -0.399 e. The highest BCUT2D eigenvalue weighted by atomic mass is 32.2. The van der Waals surface area contributed by atoms with Crippen LogP contribution >= 0.6 is 0 Å². The van der Waals surface area contributed by atoms with Gasteiger partial charge in [0.1, 0.15) is 0 Å². The second kappa shape index (κ2) is 6.55. The molecule has 6 nitrogen and oxygen atoms in total. The molecular weight excluding hydrogens is 242 g/mol. The van der Waals surface area contributed by atoms with Gasteiger partial charge in [0, 0.05) is 25.9 Å². The van der Waals surface area contributed by atoms with Gasteiger partial charge in [0.2, 0.25) is 0 Å². The van der Waals surface area contributed by atoms with Gasteiger partial charge in [-0.3, -0.25) is 0 Å². The van der Waals surface area contributed by atoms with Crippen molar-refractivity contribution in [2.24, 2.45) is 0 Å². The van der Waals surface area contributed by atoms with Crippen LogP contribution in [0, 0.1) is 0 Å². The summed E-state index contributed by atoms with van der Waals surface area (Å²) in [4.78, 5) is 0. The first kappa shape index (κ1) is 13.9. The third-order valence-electron chi connectivity index (χ3n) is 2.04. The summed E-state index contributed by atoms with van der Waals surface area (Å²) in [7, 11) is -1.96. The number of nitrogens with two attached hydrogens (primary N) is 1. The Morgan fingerprint density at radius 1 is 1.24 bits per heavy atom. The maximum atomic E-state index is 11.4. The van der Waals surface area contributed by atoms with E-state index < -0.39 is 10.2 Å². The van der Waals surface area contributed by atoms with Crippen LogP contribution in [-0.2, 0) is 21.5 Å². The lowest BCUT2D eigenvalue weighted by Gasteiger charge is -2.08. The van der Waals surface area contributed by atoms with E-state index in [0.29, 0.717) is 12.3 Å². The quantitative estimate of drug-likeness (QED) is 0.468. The zero-order valence-electron chi connectivity index (χ0n) is 9.64. The van der Waals surface area contributed by atoms with Gasteiger partial charge in [-0.05, 0) is 17.7 Å². The smallest absolute Gasteiger partial charge is 0.277 e. The molecule has 0 unspecified atom stereocenters. The summed E-state index contributed by atoms with van der Waals surface area (Å²) in [5, 5.41) is 0. The van der Waals surface area contributed by atoms with Crippen molar-refractivity contribution in [2.75, 3.05) is 26.0 Å². The summed E-state index contributed by atoms with van der Waals surface area (Å²) in [5.41, 5.74) is 7.02. The van der Waals surface area contributed by atoms with E-state index in [0.717, 1.165) is 5.56 Å². The van der Waals surface area contributed by atoms with E-state index in [2.05, 4.69) is 9.44 Å². The molecule has 17 heavy (non-hydrogen) atoms. The van der Waals surface area contributed by atoms with E-state index in [1.54, 1.807) is 24.3 Å². The van der Waals surface area contributed by atoms with Crippen molar-refractivity contribution in [3.63, 3.8) is 0 Å². The zero-order chi connectivity index (χ0) is 12.7. The van der Waals surface area contributed by atoms with Gasteiger partial charge >= 0.3 is 0 Å². The topological polar surface area (TPSA) is 93.4 Å². The van der Waals surface area contributed by atoms with Gasteiger partial charge in [-0.1, -0.05) is 12.1 Å². The summed E-state index contributed by atoms with van der Waals surface area (Å²) < 4.78 is 32.4. The van der Waals surface area contributed by atoms with Crippen molar-refractivity contribution in [2.45, 2.75) is 6.54 Å². The molecule has 1 aromatic carbocycles. The van der Waals surface area contributed by atoms with Crippen molar-refractivity contribution in [1.29, 1.82) is 0 Å². The van der Waals surface area contributed by atoms with Crippen molar-refractivity contribution in [1.82, 2.24) is 9.44 Å². The Balaban J connectivity index is 2.41. The summed E-state index contributed by atoms with van der Waals surface area (Å²) in [6.07, 6.45) is 0. The van der Waals surface area contributed by atoms with E-state index in [9.17, 15) is 8.42 Å². The van der Waals surface area contributed by atoms with Gasteiger partial charge in [0.15, 0.2) is 0 Å². The van der Waals surface area contributed by atoms with Crippen LogP contribution in [0.5, 0.6) is 0 Å². The third-order valence-corrected chi connectivity index (χ3v) is 3.15. The number of anilines is 1. The van der Waals surface area contributed by atoms with E-state index in [1.165, 1.54) is 7.11 Å². The number of nitrogens with one attached hydrogen (secondary N) is 2. The molecule has 0 fully saturated rings. The van der Waals surface area contributed by atoms with Crippen molar-refractivity contribution < 1.29 is 13.2 Å². The highest BCUT2D eigenvalue weighted by Crippen LogP contribution is 2.04. The average molecular weight is 259 g/mol. The lowest BCUT2D eigenvalue weighted by molar-refractivity contribution is 0.204. The lowest BCUT2D eigenvalue weighted by Crippen LogP contribution is -2.37. The maximum absolute atomic E-state index is 11.4. The molecule has 0 bridgehead atoms. The molecule has 0 aliphatic heterocycles. The fourth-order valence-corrected chi connectivity index (χ4v) is 1.95. The Labute approximate surface area is 101 Å². The number of rotatable bonds is 7. The van der Waals surface area contributed by atoms with Crippen LogP contribution in [0.1, 0.15) is 5.56 Å². The van der Waals surface area contributed by atoms with Gasteiger partial charge in [0.25, 0.3) is 10.2 Å². The molecule has 0 amide bonds. The van der Waals surface area contributed by atoms with Gasteiger partial charge in [0.05, 0.1) is 6.61 Å². The predicted molar refractivity (Wildman–Crippen MR) is 66.5 cm³/mol. The van der Waals surface area contributed by atoms with Crippen LogP contribution in [0.25, 0.3) is 0 Å². The fourth-order valence-electron chi connectivity index (χ4n) is 1.14. The number of hydrogen-bond donors (Lipinski definition) is 3. The van der Waals surface area contributed by atoms with Crippen molar-refractivity contribution in [3.8, 4) is 0 Å². The molecule has 7 heteroatoms. The second-order valence-electron chi connectivity index (χ2n) is 3.45. The average Bonchev–Trinajstić information content (AvgIpc) is 2.29. The Morgan fingerprint density at radius 2 is 1.88 bits per heavy atom. The molecule has 0 aliphatic carbocycles. The molecule has 4 N–H and O–H groups in total. The highest BCUT2D eigenvalue weighted by Gasteiger charge is 2.07. The largest absolute Gasteiger partial charge is 0.399 e. The Morgan fingerprint density at radius 3 is 2.47 bits per heavy atom. The maximum Gasteiger partial charge on any atom is 0.277 e. The van der Waals surface area contributed by atoms with Crippen LogP contribution in [-0.4, -0.2) is 28.7 Å². The fraction of sp³-hybridized carbons (Fsp3) is 0.400. The Bertz CT molecular complexity index is 431. The minimum absolute atomic E-state index is 0.225. The number of methoxy groups -OCH3 is 1. The molecule has 1 aromatic rings. The molecule has 0 atom stereocenters. The SMILES string of the molecule is COCCNS(=O)(=O)NCc1ccc(N)cc1. The molecule has 0 saturated heterocycles. The number of nitrogen functional groups attached to an aromatic ring is 1. The Kier molecular flexibility index (Phi) is 5.36. The normalized spacial score (nSPS) is 11.6.